The molecular weight excluding hydrogens is 248 g/mol. The van der Waals surface area contributed by atoms with Crippen LogP contribution >= 0.6 is 0 Å². The van der Waals surface area contributed by atoms with Crippen LogP contribution in [0.25, 0.3) is 0 Å². The normalized spacial score (nSPS) is 21.5. The van der Waals surface area contributed by atoms with Crippen LogP contribution in [0.3, 0.4) is 0 Å². The number of fused-ring (bicyclic) bond motifs is 1. The summed E-state index contributed by atoms with van der Waals surface area (Å²) < 4.78 is 0. The fourth-order valence-corrected chi connectivity index (χ4v) is 2.61. The van der Waals surface area contributed by atoms with Gasteiger partial charge in [-0.3, -0.25) is 0 Å². The lowest BCUT2D eigenvalue weighted by Gasteiger charge is -2.33. The van der Waals surface area contributed by atoms with E-state index < -0.39 is 0 Å². The molecule has 0 bridgehead atoms. The van der Waals surface area contributed by atoms with Gasteiger partial charge in [0, 0.05) is 31.9 Å². The molecule has 0 radical (unpaired) electrons. The average Bonchev–Trinajstić information content (AvgIpc) is 2.69. The second-order valence-electron chi connectivity index (χ2n) is 5.62. The molecule has 0 saturated carbocycles. The van der Waals surface area contributed by atoms with E-state index in [9.17, 15) is 0 Å². The SMILES string of the molecule is C1=CN2CCCCC2CNC1.Cc1cnc(N)cc1C. The van der Waals surface area contributed by atoms with E-state index in [1.54, 1.807) is 6.20 Å². The number of anilines is 1. The highest BCUT2D eigenvalue weighted by atomic mass is 15.2. The maximum absolute atomic E-state index is 5.42. The quantitative estimate of drug-likeness (QED) is 0.762. The van der Waals surface area contributed by atoms with Crippen LogP contribution < -0.4 is 11.1 Å². The van der Waals surface area contributed by atoms with Crippen LogP contribution in [-0.2, 0) is 0 Å². The van der Waals surface area contributed by atoms with Crippen molar-refractivity contribution in [1.82, 2.24) is 15.2 Å². The number of nitrogen functional groups attached to an aromatic ring is 1. The minimum atomic E-state index is 0.595. The predicted octanol–water partition coefficient (Wildman–Crippen LogP) is 2.24. The molecule has 1 fully saturated rings. The molecule has 20 heavy (non-hydrogen) atoms. The summed E-state index contributed by atoms with van der Waals surface area (Å²) in [5, 5.41) is 3.42. The Bertz CT molecular complexity index is 456. The second-order valence-corrected chi connectivity index (χ2v) is 5.62. The number of nitrogens with two attached hydrogens (primary N) is 1. The van der Waals surface area contributed by atoms with E-state index >= 15 is 0 Å². The molecule has 0 spiro atoms. The summed E-state index contributed by atoms with van der Waals surface area (Å²) in [6.45, 7) is 7.53. The molecule has 4 heteroatoms. The van der Waals surface area contributed by atoms with Crippen LogP contribution in [0.15, 0.2) is 24.5 Å². The van der Waals surface area contributed by atoms with Gasteiger partial charge >= 0.3 is 0 Å². The molecule has 1 unspecified atom stereocenters. The third-order valence-electron chi connectivity index (χ3n) is 4.01. The zero-order valence-electron chi connectivity index (χ0n) is 12.6. The molecule has 3 heterocycles. The van der Waals surface area contributed by atoms with Crippen molar-refractivity contribution >= 4 is 5.82 Å². The average molecular weight is 274 g/mol. The van der Waals surface area contributed by atoms with Gasteiger partial charge in [-0.2, -0.15) is 0 Å². The first kappa shape index (κ1) is 14.9. The number of hydrogen-bond acceptors (Lipinski definition) is 4. The molecule has 1 saturated heterocycles. The van der Waals surface area contributed by atoms with Crippen molar-refractivity contribution in [3.63, 3.8) is 0 Å². The molecule has 2 aliphatic heterocycles. The summed E-state index contributed by atoms with van der Waals surface area (Å²) in [5.74, 6) is 0.595. The summed E-state index contributed by atoms with van der Waals surface area (Å²) in [7, 11) is 0. The maximum Gasteiger partial charge on any atom is 0.123 e. The summed E-state index contributed by atoms with van der Waals surface area (Å²) >= 11 is 0. The highest BCUT2D eigenvalue weighted by Gasteiger charge is 2.19. The highest BCUT2D eigenvalue weighted by molar-refractivity contribution is 5.35. The molecule has 3 rings (SSSR count). The van der Waals surface area contributed by atoms with Crippen LogP contribution in [0.2, 0.25) is 0 Å². The maximum atomic E-state index is 5.42. The first-order valence-corrected chi connectivity index (χ1v) is 7.48. The van der Waals surface area contributed by atoms with Crippen LogP contribution in [0, 0.1) is 13.8 Å². The van der Waals surface area contributed by atoms with Crippen molar-refractivity contribution in [1.29, 1.82) is 0 Å². The largest absolute Gasteiger partial charge is 0.384 e. The van der Waals surface area contributed by atoms with E-state index in [0.29, 0.717) is 5.82 Å². The lowest BCUT2D eigenvalue weighted by Crippen LogP contribution is -2.40. The molecule has 2 aliphatic rings. The zero-order chi connectivity index (χ0) is 14.4. The summed E-state index contributed by atoms with van der Waals surface area (Å²) in [4.78, 5) is 6.41. The van der Waals surface area contributed by atoms with Crippen molar-refractivity contribution in [2.45, 2.75) is 39.2 Å². The van der Waals surface area contributed by atoms with E-state index in [4.69, 9.17) is 5.73 Å². The predicted molar refractivity (Wildman–Crippen MR) is 84.5 cm³/mol. The zero-order valence-corrected chi connectivity index (χ0v) is 12.6. The molecule has 1 aromatic rings. The van der Waals surface area contributed by atoms with Crippen molar-refractivity contribution in [3.8, 4) is 0 Å². The Kier molecular flexibility index (Phi) is 5.41. The standard InChI is InChI=1S/C9H16N2.C7H10N2/c1-2-6-11-7-3-5-10-8-9(11)4-1;1-5-3-7(8)9-4-6(5)2/h3,7,9-10H,1-2,4-6,8H2;3-4H,1-2H3,(H2,8,9). The van der Waals surface area contributed by atoms with Gasteiger partial charge in [-0.1, -0.05) is 6.08 Å². The Morgan fingerprint density at radius 3 is 2.90 bits per heavy atom. The third-order valence-corrected chi connectivity index (χ3v) is 4.01. The third kappa shape index (κ3) is 4.23. The van der Waals surface area contributed by atoms with E-state index in [-0.39, 0.29) is 0 Å². The number of aromatic nitrogens is 1. The molecule has 0 aliphatic carbocycles. The van der Waals surface area contributed by atoms with E-state index in [0.717, 1.165) is 12.6 Å². The number of nitrogens with one attached hydrogen (secondary N) is 1. The topological polar surface area (TPSA) is 54.2 Å². The molecule has 0 aromatic carbocycles. The Balaban J connectivity index is 0.000000151. The number of hydrogen-bond donors (Lipinski definition) is 2. The number of pyridine rings is 1. The second kappa shape index (κ2) is 7.29. The number of nitrogens with zero attached hydrogens (tertiary/aromatic N) is 2. The van der Waals surface area contributed by atoms with Crippen LogP contribution in [0.1, 0.15) is 30.4 Å². The number of rotatable bonds is 0. The van der Waals surface area contributed by atoms with Gasteiger partial charge < -0.3 is 16.0 Å². The molecule has 1 aromatic heterocycles. The lowest BCUT2D eigenvalue weighted by molar-refractivity contribution is 0.215. The summed E-state index contributed by atoms with van der Waals surface area (Å²) in [6.07, 6.45) is 10.4. The summed E-state index contributed by atoms with van der Waals surface area (Å²) in [5.41, 5.74) is 7.80. The molecule has 1 atom stereocenters. The van der Waals surface area contributed by atoms with E-state index in [1.807, 2.05) is 19.9 Å². The van der Waals surface area contributed by atoms with Gasteiger partial charge in [0.15, 0.2) is 0 Å². The van der Waals surface area contributed by atoms with Crippen LogP contribution in [0.5, 0.6) is 0 Å². The minimum Gasteiger partial charge on any atom is -0.384 e. The summed E-state index contributed by atoms with van der Waals surface area (Å²) in [6, 6.07) is 2.65. The van der Waals surface area contributed by atoms with E-state index in [1.165, 1.54) is 43.5 Å². The van der Waals surface area contributed by atoms with E-state index in [2.05, 4.69) is 27.5 Å². The Morgan fingerprint density at radius 1 is 1.30 bits per heavy atom. The van der Waals surface area contributed by atoms with Crippen LogP contribution in [0.4, 0.5) is 5.82 Å². The lowest BCUT2D eigenvalue weighted by atomic mass is 10.0. The first-order chi connectivity index (χ1) is 9.66. The van der Waals surface area contributed by atoms with Gasteiger partial charge in [0.2, 0.25) is 0 Å². The van der Waals surface area contributed by atoms with Crippen molar-refractivity contribution in [2.75, 3.05) is 25.4 Å². The van der Waals surface area contributed by atoms with Crippen molar-refractivity contribution in [3.05, 3.63) is 35.7 Å². The van der Waals surface area contributed by atoms with Gasteiger partial charge in [-0.15, -0.1) is 0 Å². The molecule has 110 valence electrons. The smallest absolute Gasteiger partial charge is 0.123 e. The van der Waals surface area contributed by atoms with Gasteiger partial charge in [0.05, 0.1) is 0 Å². The Morgan fingerprint density at radius 2 is 2.15 bits per heavy atom. The van der Waals surface area contributed by atoms with Gasteiger partial charge in [0.25, 0.3) is 0 Å². The highest BCUT2D eigenvalue weighted by Crippen LogP contribution is 2.17. The fourth-order valence-electron chi connectivity index (χ4n) is 2.61. The number of piperidine rings is 1. The Labute approximate surface area is 122 Å². The molecule has 4 nitrogen and oxygen atoms in total. The van der Waals surface area contributed by atoms with Crippen LogP contribution in [-0.4, -0.2) is 35.6 Å². The first-order valence-electron chi connectivity index (χ1n) is 7.48. The van der Waals surface area contributed by atoms with Gasteiger partial charge in [-0.05, 0) is 56.5 Å². The van der Waals surface area contributed by atoms with Gasteiger partial charge in [-0.25, -0.2) is 4.98 Å². The monoisotopic (exact) mass is 274 g/mol. The minimum absolute atomic E-state index is 0.595. The fraction of sp³-hybridized carbons (Fsp3) is 0.562. The van der Waals surface area contributed by atoms with Crippen molar-refractivity contribution < 1.29 is 0 Å². The number of aryl methyl sites for hydroxylation is 2. The van der Waals surface area contributed by atoms with Crippen molar-refractivity contribution in [2.24, 2.45) is 0 Å². The Hall–Kier alpha value is -1.55. The molecule has 0 amide bonds. The molecule has 3 N–H and O–H groups in total. The van der Waals surface area contributed by atoms with Gasteiger partial charge in [0.1, 0.15) is 5.82 Å². The molecular formula is C16H26N4.